The standard InChI is InChI=1S/C16H21N5O2/c1-3-23-14(22)11-13-15-12(5-4-6-17-15)18-16(19-13)21-9-7-20(2)8-10-21/h4-6H,3,7-11H2,1-2H3. The number of carbonyl (C=O) groups excluding carboxylic acids is 1. The molecule has 1 saturated heterocycles. The van der Waals surface area contributed by atoms with E-state index in [2.05, 4.69) is 31.8 Å². The quantitative estimate of drug-likeness (QED) is 0.776. The van der Waals surface area contributed by atoms with Crippen LogP contribution in [0.4, 0.5) is 5.95 Å². The van der Waals surface area contributed by atoms with Gasteiger partial charge in [-0.2, -0.15) is 0 Å². The topological polar surface area (TPSA) is 71.5 Å². The number of anilines is 1. The van der Waals surface area contributed by atoms with E-state index in [4.69, 9.17) is 4.74 Å². The van der Waals surface area contributed by atoms with E-state index in [1.54, 1.807) is 13.1 Å². The first-order valence-corrected chi connectivity index (χ1v) is 7.88. The number of hydrogen-bond donors (Lipinski definition) is 0. The van der Waals surface area contributed by atoms with Crippen molar-refractivity contribution in [3.63, 3.8) is 0 Å². The number of piperazine rings is 1. The van der Waals surface area contributed by atoms with E-state index >= 15 is 0 Å². The number of rotatable bonds is 4. The van der Waals surface area contributed by atoms with Crippen LogP contribution in [-0.2, 0) is 16.0 Å². The zero-order valence-corrected chi connectivity index (χ0v) is 13.5. The van der Waals surface area contributed by atoms with Crippen molar-refractivity contribution in [1.29, 1.82) is 0 Å². The third-order valence-electron chi connectivity index (χ3n) is 3.92. The number of fused-ring (bicyclic) bond motifs is 1. The van der Waals surface area contributed by atoms with Gasteiger partial charge in [0, 0.05) is 32.4 Å². The second kappa shape index (κ2) is 6.87. The summed E-state index contributed by atoms with van der Waals surface area (Å²) >= 11 is 0. The van der Waals surface area contributed by atoms with Crippen LogP contribution >= 0.6 is 0 Å². The van der Waals surface area contributed by atoms with Crippen LogP contribution in [0.2, 0.25) is 0 Å². The Hall–Kier alpha value is -2.28. The van der Waals surface area contributed by atoms with Crippen molar-refractivity contribution in [2.45, 2.75) is 13.3 Å². The SMILES string of the molecule is CCOC(=O)Cc1nc(N2CCN(C)CC2)nc2cccnc12. The Morgan fingerprint density at radius 2 is 2.04 bits per heavy atom. The first kappa shape index (κ1) is 15.6. The molecule has 3 heterocycles. The highest BCUT2D eigenvalue weighted by molar-refractivity contribution is 5.82. The average Bonchev–Trinajstić information content (AvgIpc) is 2.55. The van der Waals surface area contributed by atoms with E-state index in [0.29, 0.717) is 23.8 Å². The van der Waals surface area contributed by atoms with Gasteiger partial charge >= 0.3 is 5.97 Å². The summed E-state index contributed by atoms with van der Waals surface area (Å²) in [6.45, 7) is 5.86. The van der Waals surface area contributed by atoms with E-state index < -0.39 is 0 Å². The van der Waals surface area contributed by atoms with Crippen LogP contribution in [0, 0.1) is 0 Å². The fourth-order valence-electron chi connectivity index (χ4n) is 2.64. The Balaban J connectivity index is 1.94. The molecule has 0 radical (unpaired) electrons. The molecule has 7 heteroatoms. The van der Waals surface area contributed by atoms with Crippen molar-refractivity contribution < 1.29 is 9.53 Å². The van der Waals surface area contributed by atoms with Gasteiger partial charge in [-0.05, 0) is 26.1 Å². The highest BCUT2D eigenvalue weighted by Crippen LogP contribution is 2.19. The summed E-state index contributed by atoms with van der Waals surface area (Å²) in [5.74, 6) is 0.375. The van der Waals surface area contributed by atoms with Gasteiger partial charge in [-0.25, -0.2) is 9.97 Å². The number of aromatic nitrogens is 3. The van der Waals surface area contributed by atoms with Crippen LogP contribution in [0.25, 0.3) is 11.0 Å². The summed E-state index contributed by atoms with van der Waals surface area (Å²) in [5.41, 5.74) is 2.05. The summed E-state index contributed by atoms with van der Waals surface area (Å²) in [4.78, 5) is 29.8. The van der Waals surface area contributed by atoms with Crippen molar-refractivity contribution in [1.82, 2.24) is 19.9 Å². The van der Waals surface area contributed by atoms with Gasteiger partial charge in [0.05, 0.1) is 24.2 Å². The Labute approximate surface area is 135 Å². The van der Waals surface area contributed by atoms with Crippen LogP contribution in [0.1, 0.15) is 12.6 Å². The van der Waals surface area contributed by atoms with Crippen molar-refractivity contribution in [2.75, 3.05) is 44.7 Å². The molecule has 7 nitrogen and oxygen atoms in total. The number of ether oxygens (including phenoxy) is 1. The lowest BCUT2D eigenvalue weighted by molar-refractivity contribution is -0.142. The fraction of sp³-hybridized carbons (Fsp3) is 0.500. The lowest BCUT2D eigenvalue weighted by atomic mass is 10.2. The van der Waals surface area contributed by atoms with Crippen molar-refractivity contribution in [3.8, 4) is 0 Å². The van der Waals surface area contributed by atoms with Crippen LogP contribution in [0.3, 0.4) is 0 Å². The van der Waals surface area contributed by atoms with E-state index in [1.807, 2.05) is 12.1 Å². The summed E-state index contributed by atoms with van der Waals surface area (Å²) in [6, 6.07) is 3.75. The fourth-order valence-corrected chi connectivity index (χ4v) is 2.64. The van der Waals surface area contributed by atoms with Crippen LogP contribution in [0.5, 0.6) is 0 Å². The zero-order chi connectivity index (χ0) is 16.2. The van der Waals surface area contributed by atoms with Gasteiger partial charge in [0.25, 0.3) is 0 Å². The predicted molar refractivity (Wildman–Crippen MR) is 87.4 cm³/mol. The van der Waals surface area contributed by atoms with Crippen molar-refractivity contribution >= 4 is 23.0 Å². The van der Waals surface area contributed by atoms with E-state index in [0.717, 1.165) is 31.7 Å². The Bertz CT molecular complexity index is 698. The molecule has 3 rings (SSSR count). The Morgan fingerprint density at radius 1 is 1.26 bits per heavy atom. The molecule has 0 N–H and O–H groups in total. The van der Waals surface area contributed by atoms with E-state index in [1.165, 1.54) is 0 Å². The van der Waals surface area contributed by atoms with E-state index in [9.17, 15) is 4.79 Å². The molecule has 0 amide bonds. The zero-order valence-electron chi connectivity index (χ0n) is 13.5. The molecular formula is C16H21N5O2. The summed E-state index contributed by atoms with van der Waals surface area (Å²) in [5, 5.41) is 0. The summed E-state index contributed by atoms with van der Waals surface area (Å²) < 4.78 is 5.05. The molecule has 23 heavy (non-hydrogen) atoms. The molecule has 1 fully saturated rings. The second-order valence-electron chi connectivity index (χ2n) is 5.61. The maximum atomic E-state index is 11.9. The minimum atomic E-state index is -0.289. The maximum Gasteiger partial charge on any atom is 0.311 e. The molecule has 0 atom stereocenters. The minimum Gasteiger partial charge on any atom is -0.466 e. The van der Waals surface area contributed by atoms with Gasteiger partial charge in [0.2, 0.25) is 5.95 Å². The smallest absolute Gasteiger partial charge is 0.311 e. The van der Waals surface area contributed by atoms with Gasteiger partial charge in [-0.1, -0.05) is 0 Å². The van der Waals surface area contributed by atoms with Gasteiger partial charge in [-0.15, -0.1) is 0 Å². The normalized spacial score (nSPS) is 15.8. The molecule has 2 aromatic heterocycles. The summed E-state index contributed by atoms with van der Waals surface area (Å²) in [7, 11) is 2.11. The second-order valence-corrected chi connectivity index (χ2v) is 5.61. The Morgan fingerprint density at radius 3 is 2.78 bits per heavy atom. The molecule has 2 aromatic rings. The van der Waals surface area contributed by atoms with Gasteiger partial charge < -0.3 is 14.5 Å². The molecule has 0 spiro atoms. The van der Waals surface area contributed by atoms with E-state index in [-0.39, 0.29) is 12.4 Å². The number of esters is 1. The Kier molecular flexibility index (Phi) is 4.66. The molecular weight excluding hydrogens is 294 g/mol. The lowest BCUT2D eigenvalue weighted by Gasteiger charge is -2.32. The van der Waals surface area contributed by atoms with Gasteiger partial charge in [-0.3, -0.25) is 9.78 Å². The molecule has 0 aliphatic carbocycles. The molecule has 1 aliphatic heterocycles. The summed E-state index contributed by atoms with van der Waals surface area (Å²) in [6.07, 6.45) is 1.81. The largest absolute Gasteiger partial charge is 0.466 e. The first-order valence-electron chi connectivity index (χ1n) is 7.88. The third-order valence-corrected chi connectivity index (χ3v) is 3.92. The first-order chi connectivity index (χ1) is 11.2. The van der Waals surface area contributed by atoms with Crippen molar-refractivity contribution in [2.24, 2.45) is 0 Å². The van der Waals surface area contributed by atoms with Crippen molar-refractivity contribution in [3.05, 3.63) is 24.0 Å². The van der Waals surface area contributed by atoms with Crippen LogP contribution in [0.15, 0.2) is 18.3 Å². The number of likely N-dealkylation sites (N-methyl/N-ethyl adjacent to an activating group) is 1. The van der Waals surface area contributed by atoms with Gasteiger partial charge in [0.1, 0.15) is 5.52 Å². The number of hydrogen-bond acceptors (Lipinski definition) is 7. The molecule has 0 bridgehead atoms. The molecule has 0 aromatic carbocycles. The third kappa shape index (κ3) is 3.56. The molecule has 122 valence electrons. The maximum absolute atomic E-state index is 11.9. The lowest BCUT2D eigenvalue weighted by Crippen LogP contribution is -2.45. The number of pyridine rings is 1. The predicted octanol–water partition coefficient (Wildman–Crippen LogP) is 0.882. The monoisotopic (exact) mass is 315 g/mol. The number of carbonyl (C=O) groups is 1. The molecule has 1 aliphatic rings. The van der Waals surface area contributed by atoms with Crippen LogP contribution < -0.4 is 4.90 Å². The number of nitrogens with zero attached hydrogens (tertiary/aromatic N) is 5. The average molecular weight is 315 g/mol. The highest BCUT2D eigenvalue weighted by atomic mass is 16.5. The van der Waals surface area contributed by atoms with Gasteiger partial charge in [0.15, 0.2) is 0 Å². The molecule has 0 saturated carbocycles. The van der Waals surface area contributed by atoms with Crippen LogP contribution in [-0.4, -0.2) is 65.7 Å². The molecule has 0 unspecified atom stereocenters. The highest BCUT2D eigenvalue weighted by Gasteiger charge is 2.20. The minimum absolute atomic E-state index is 0.116.